The molecule has 0 radical (unpaired) electrons. The number of sulfonamides is 1. The van der Waals surface area contributed by atoms with Gasteiger partial charge >= 0.3 is 0 Å². The summed E-state index contributed by atoms with van der Waals surface area (Å²) < 4.78 is 25.4. The van der Waals surface area contributed by atoms with E-state index in [2.05, 4.69) is 26.8 Å². The normalized spacial score (nSPS) is 15.2. The van der Waals surface area contributed by atoms with Gasteiger partial charge in [0, 0.05) is 25.8 Å². The number of aromatic nitrogens is 1. The predicted molar refractivity (Wildman–Crippen MR) is 115 cm³/mol. The van der Waals surface area contributed by atoms with E-state index in [1.54, 1.807) is 30.5 Å². The van der Waals surface area contributed by atoms with Crippen molar-refractivity contribution in [3.8, 4) is 0 Å². The molecule has 0 spiro atoms. The fraction of sp³-hybridized carbons (Fsp3) is 0.429. The lowest BCUT2D eigenvalue weighted by Crippen LogP contribution is -2.33. The molecular formula is C21H28N4O3S. The third-order valence-corrected chi connectivity index (χ3v) is 5.66. The van der Waals surface area contributed by atoms with Crippen molar-refractivity contribution in [3.05, 3.63) is 53.7 Å². The van der Waals surface area contributed by atoms with Crippen LogP contribution in [0.4, 0.5) is 11.5 Å². The first-order chi connectivity index (χ1) is 13.8. The molecule has 0 unspecified atom stereocenters. The number of nitrogens with zero attached hydrogens (tertiary/aromatic N) is 2. The van der Waals surface area contributed by atoms with Crippen LogP contribution in [-0.4, -0.2) is 38.7 Å². The Kier molecular flexibility index (Phi) is 6.74. The smallest absolute Gasteiger partial charge is 0.229 e. The SMILES string of the molecule is CC1CCN(c2ccc(CNC(=O)Cc3ccccc3NS(C)(=O)=O)cn2)CC1. The highest BCUT2D eigenvalue weighted by Gasteiger charge is 2.17. The molecule has 1 aromatic carbocycles. The maximum atomic E-state index is 12.3. The van der Waals surface area contributed by atoms with Gasteiger partial charge in [0.2, 0.25) is 15.9 Å². The van der Waals surface area contributed by atoms with Gasteiger partial charge in [-0.25, -0.2) is 13.4 Å². The van der Waals surface area contributed by atoms with Gasteiger partial charge in [-0.05, 0) is 42.0 Å². The summed E-state index contributed by atoms with van der Waals surface area (Å²) in [5.41, 5.74) is 1.98. The van der Waals surface area contributed by atoms with Crippen LogP contribution in [0.5, 0.6) is 0 Å². The minimum absolute atomic E-state index is 0.0934. The van der Waals surface area contributed by atoms with E-state index in [4.69, 9.17) is 0 Å². The molecule has 3 rings (SSSR count). The number of pyridine rings is 1. The summed E-state index contributed by atoms with van der Waals surface area (Å²) in [7, 11) is -3.40. The van der Waals surface area contributed by atoms with Crippen LogP contribution in [0.1, 0.15) is 30.9 Å². The number of hydrogen-bond acceptors (Lipinski definition) is 5. The van der Waals surface area contributed by atoms with E-state index in [9.17, 15) is 13.2 Å². The van der Waals surface area contributed by atoms with Crippen molar-refractivity contribution < 1.29 is 13.2 Å². The van der Waals surface area contributed by atoms with Crippen LogP contribution in [0.3, 0.4) is 0 Å². The molecular weight excluding hydrogens is 388 g/mol. The molecule has 2 heterocycles. The Morgan fingerprint density at radius 3 is 2.55 bits per heavy atom. The highest BCUT2D eigenvalue weighted by atomic mass is 32.2. The lowest BCUT2D eigenvalue weighted by molar-refractivity contribution is -0.120. The lowest BCUT2D eigenvalue weighted by Gasteiger charge is -2.31. The number of anilines is 2. The average molecular weight is 417 g/mol. The zero-order valence-electron chi connectivity index (χ0n) is 16.9. The highest BCUT2D eigenvalue weighted by molar-refractivity contribution is 7.92. The zero-order chi connectivity index (χ0) is 20.9. The minimum atomic E-state index is -3.40. The number of para-hydroxylation sites is 1. The Labute approximate surface area is 172 Å². The van der Waals surface area contributed by atoms with Gasteiger partial charge in [0.1, 0.15) is 5.82 Å². The standard InChI is InChI=1S/C21H28N4O3S/c1-16-9-11-25(12-10-16)20-8-7-17(14-22-20)15-23-21(26)13-18-5-3-4-6-19(18)24-29(2,27)28/h3-8,14,16,24H,9-13,15H2,1-2H3,(H,23,26). The van der Waals surface area contributed by atoms with E-state index in [1.165, 1.54) is 12.8 Å². The van der Waals surface area contributed by atoms with Crippen molar-refractivity contribution in [1.29, 1.82) is 0 Å². The quantitative estimate of drug-likeness (QED) is 0.724. The maximum Gasteiger partial charge on any atom is 0.229 e. The second-order valence-corrected chi connectivity index (χ2v) is 9.43. The monoisotopic (exact) mass is 416 g/mol. The molecule has 0 atom stereocenters. The van der Waals surface area contributed by atoms with Crippen molar-refractivity contribution in [2.45, 2.75) is 32.7 Å². The largest absolute Gasteiger partial charge is 0.357 e. The molecule has 0 saturated carbocycles. The first-order valence-electron chi connectivity index (χ1n) is 9.82. The predicted octanol–water partition coefficient (Wildman–Crippen LogP) is 2.55. The second-order valence-electron chi connectivity index (χ2n) is 7.68. The van der Waals surface area contributed by atoms with Crippen molar-refractivity contribution in [2.75, 3.05) is 29.0 Å². The number of benzene rings is 1. The van der Waals surface area contributed by atoms with Crippen LogP contribution in [0.2, 0.25) is 0 Å². The Morgan fingerprint density at radius 1 is 1.17 bits per heavy atom. The van der Waals surface area contributed by atoms with Crippen molar-refractivity contribution >= 4 is 27.4 Å². The molecule has 2 aromatic rings. The zero-order valence-corrected chi connectivity index (χ0v) is 17.7. The third-order valence-electron chi connectivity index (χ3n) is 5.07. The van der Waals surface area contributed by atoms with Gasteiger partial charge in [-0.2, -0.15) is 0 Å². The molecule has 1 saturated heterocycles. The second kappa shape index (κ2) is 9.26. The van der Waals surface area contributed by atoms with Crippen LogP contribution in [0, 0.1) is 5.92 Å². The molecule has 1 amide bonds. The molecule has 1 aliphatic heterocycles. The van der Waals surface area contributed by atoms with Gasteiger partial charge in [-0.1, -0.05) is 31.2 Å². The fourth-order valence-corrected chi connectivity index (χ4v) is 3.95. The van der Waals surface area contributed by atoms with Gasteiger partial charge in [0.15, 0.2) is 0 Å². The van der Waals surface area contributed by atoms with Gasteiger partial charge in [0.05, 0.1) is 18.4 Å². The van der Waals surface area contributed by atoms with E-state index in [1.807, 2.05) is 12.1 Å². The number of carbonyl (C=O) groups is 1. The number of rotatable bonds is 7. The summed E-state index contributed by atoms with van der Waals surface area (Å²) in [5, 5.41) is 2.87. The van der Waals surface area contributed by atoms with Gasteiger partial charge < -0.3 is 10.2 Å². The molecule has 1 aromatic heterocycles. The summed E-state index contributed by atoms with van der Waals surface area (Å²) in [6.07, 6.45) is 5.36. The van der Waals surface area contributed by atoms with Crippen LogP contribution in [0.25, 0.3) is 0 Å². The molecule has 29 heavy (non-hydrogen) atoms. The molecule has 0 aliphatic carbocycles. The van der Waals surface area contributed by atoms with E-state index in [-0.39, 0.29) is 12.3 Å². The summed E-state index contributed by atoms with van der Waals surface area (Å²) >= 11 is 0. The van der Waals surface area contributed by atoms with Gasteiger partial charge in [0.25, 0.3) is 0 Å². The fourth-order valence-electron chi connectivity index (χ4n) is 3.36. The third kappa shape index (κ3) is 6.45. The first kappa shape index (κ1) is 21.1. The Bertz CT molecular complexity index is 937. The number of nitrogens with one attached hydrogen (secondary N) is 2. The molecule has 156 valence electrons. The van der Waals surface area contributed by atoms with Crippen molar-refractivity contribution in [1.82, 2.24) is 10.3 Å². The first-order valence-corrected chi connectivity index (χ1v) is 11.7. The maximum absolute atomic E-state index is 12.3. The summed E-state index contributed by atoms with van der Waals surface area (Å²) in [5.74, 6) is 1.58. The summed E-state index contributed by atoms with van der Waals surface area (Å²) in [4.78, 5) is 19.2. The minimum Gasteiger partial charge on any atom is -0.357 e. The lowest BCUT2D eigenvalue weighted by atomic mass is 9.99. The Hall–Kier alpha value is -2.61. The topological polar surface area (TPSA) is 91.4 Å². The number of carbonyl (C=O) groups excluding carboxylic acids is 1. The van der Waals surface area contributed by atoms with Crippen LogP contribution < -0.4 is 14.9 Å². The Balaban J connectivity index is 1.53. The van der Waals surface area contributed by atoms with Crippen molar-refractivity contribution in [2.24, 2.45) is 5.92 Å². The number of amides is 1. The molecule has 1 fully saturated rings. The van der Waals surface area contributed by atoms with Crippen LogP contribution >= 0.6 is 0 Å². The van der Waals surface area contributed by atoms with E-state index in [0.717, 1.165) is 36.6 Å². The van der Waals surface area contributed by atoms with E-state index < -0.39 is 10.0 Å². The number of piperidine rings is 1. The highest BCUT2D eigenvalue weighted by Crippen LogP contribution is 2.21. The van der Waals surface area contributed by atoms with E-state index in [0.29, 0.717) is 17.8 Å². The molecule has 7 nitrogen and oxygen atoms in total. The van der Waals surface area contributed by atoms with Crippen LogP contribution in [0.15, 0.2) is 42.6 Å². The molecule has 1 aliphatic rings. The molecule has 2 N–H and O–H groups in total. The Morgan fingerprint density at radius 2 is 1.90 bits per heavy atom. The van der Waals surface area contributed by atoms with Crippen molar-refractivity contribution in [3.63, 3.8) is 0 Å². The van der Waals surface area contributed by atoms with E-state index >= 15 is 0 Å². The molecule has 0 bridgehead atoms. The average Bonchev–Trinajstić information content (AvgIpc) is 2.68. The molecule has 8 heteroatoms. The van der Waals surface area contributed by atoms with Gasteiger partial charge in [-0.3, -0.25) is 9.52 Å². The van der Waals surface area contributed by atoms with Crippen LogP contribution in [-0.2, 0) is 27.8 Å². The summed E-state index contributed by atoms with van der Waals surface area (Å²) in [6, 6.07) is 10.9. The van der Waals surface area contributed by atoms with Gasteiger partial charge in [-0.15, -0.1) is 0 Å². The number of hydrogen-bond donors (Lipinski definition) is 2. The summed E-state index contributed by atoms with van der Waals surface area (Å²) in [6.45, 7) is 4.73.